The summed E-state index contributed by atoms with van der Waals surface area (Å²) in [7, 11) is 0. The highest BCUT2D eigenvalue weighted by Crippen LogP contribution is 2.42. The van der Waals surface area contributed by atoms with E-state index in [9.17, 15) is 28.8 Å². The molecule has 51 heavy (non-hydrogen) atoms. The van der Waals surface area contributed by atoms with Gasteiger partial charge in [0.25, 0.3) is 11.8 Å². The van der Waals surface area contributed by atoms with Crippen molar-refractivity contribution in [2.45, 2.75) is 134 Å². The molecule has 278 valence electrons. The number of amides is 4. The number of likely N-dealkylation sites (tertiary alicyclic amines) is 1. The number of allylic oxidation sites excluding steroid dienone is 1. The normalized spacial score (nSPS) is 23.4. The molecule has 1 saturated heterocycles. The van der Waals surface area contributed by atoms with Crippen LogP contribution in [0.3, 0.4) is 0 Å². The lowest BCUT2D eigenvalue weighted by Gasteiger charge is -2.34. The van der Waals surface area contributed by atoms with Crippen LogP contribution in [-0.2, 0) is 24.0 Å². The lowest BCUT2D eigenvalue weighted by molar-refractivity contribution is -0.143. The molecule has 0 bridgehead atoms. The molecule has 2 heterocycles. The van der Waals surface area contributed by atoms with Gasteiger partial charge in [-0.2, -0.15) is 0 Å². The zero-order chi connectivity index (χ0) is 36.5. The van der Waals surface area contributed by atoms with Crippen LogP contribution >= 0.6 is 0 Å². The van der Waals surface area contributed by atoms with Crippen molar-refractivity contribution in [2.24, 2.45) is 17.8 Å². The summed E-state index contributed by atoms with van der Waals surface area (Å²) in [6, 6.07) is -2.86. The molecule has 0 radical (unpaired) electrons. The molecule has 3 aliphatic carbocycles. The molecule has 13 heteroatoms. The number of carbonyl (C=O) groups is 6. The Morgan fingerprint density at radius 1 is 0.922 bits per heavy atom. The topological polar surface area (TPSA) is 180 Å². The van der Waals surface area contributed by atoms with E-state index < -0.39 is 35.7 Å². The van der Waals surface area contributed by atoms with Gasteiger partial charge in [0.1, 0.15) is 11.7 Å². The van der Waals surface area contributed by atoms with E-state index in [1.165, 1.54) is 18.6 Å². The van der Waals surface area contributed by atoms with E-state index in [1.54, 1.807) is 11.8 Å². The van der Waals surface area contributed by atoms with Gasteiger partial charge in [-0.25, -0.2) is 4.98 Å². The predicted octanol–water partition coefficient (Wildman–Crippen LogP) is 2.80. The van der Waals surface area contributed by atoms with Gasteiger partial charge in [0.2, 0.25) is 17.6 Å². The van der Waals surface area contributed by atoms with Gasteiger partial charge >= 0.3 is 0 Å². The Bertz CT molecular complexity index is 1440. The summed E-state index contributed by atoms with van der Waals surface area (Å²) in [5.41, 5.74) is 0.614. The van der Waals surface area contributed by atoms with Gasteiger partial charge in [0.05, 0.1) is 18.3 Å². The molecule has 0 unspecified atom stereocenters. The molecule has 0 spiro atoms. The highest BCUT2D eigenvalue weighted by molar-refractivity contribution is 6.38. The van der Waals surface area contributed by atoms with Crippen molar-refractivity contribution >= 4 is 35.2 Å². The quantitative estimate of drug-likeness (QED) is 0.132. The average molecular weight is 706 g/mol. The summed E-state index contributed by atoms with van der Waals surface area (Å²) in [6.45, 7) is 8.01. The van der Waals surface area contributed by atoms with Crippen LogP contribution in [0.5, 0.6) is 0 Å². The minimum absolute atomic E-state index is 0.0147. The lowest BCUT2D eigenvalue weighted by atomic mass is 9.83. The second kappa shape index (κ2) is 18.0. The predicted molar refractivity (Wildman–Crippen MR) is 190 cm³/mol. The number of Topliss-reactive ketones (excluding diaryl/α,β-unsaturated/α-hetero) is 2. The largest absolute Gasteiger partial charge is 0.347 e. The van der Waals surface area contributed by atoms with Crippen molar-refractivity contribution in [3.05, 3.63) is 36.4 Å². The molecule has 4 fully saturated rings. The summed E-state index contributed by atoms with van der Waals surface area (Å²) in [6.07, 6.45) is 15.0. The maximum Gasteiger partial charge on any atom is 0.289 e. The van der Waals surface area contributed by atoms with Crippen LogP contribution in [0.25, 0.3) is 0 Å². The zero-order valence-corrected chi connectivity index (χ0v) is 30.2. The molecule has 0 aromatic carbocycles. The molecular weight excluding hydrogens is 650 g/mol. The molecule has 4 N–H and O–H groups in total. The van der Waals surface area contributed by atoms with E-state index >= 15 is 0 Å². The monoisotopic (exact) mass is 705 g/mol. The Balaban J connectivity index is 1.34. The first-order chi connectivity index (χ1) is 24.6. The first-order valence-corrected chi connectivity index (χ1v) is 19.0. The Kier molecular flexibility index (Phi) is 13.5. The summed E-state index contributed by atoms with van der Waals surface area (Å²) in [5.74, 6) is -2.27. The standard InChI is InChI=1S/C38H55N7O6/c1-4-9-28(34(47)37(50)42-26-14-15-26)43-36(49)33-27-13-8-12-25(27)22-45(33)38(51)29(16-17-32(46)23(2)3)41-21-30(24-10-6-5-7-11-24)44-35(48)31-20-39-18-19-40-31/h18-20,24-30,33,41H,2,4-17,21-22H2,1,3H3,(H,42,50)(H,43,49)(H,44,48)/t25-,27-,28-,29-,30+,33-/m0/s1. The van der Waals surface area contributed by atoms with Crippen LogP contribution in [-0.4, -0.2) is 93.4 Å². The number of ketones is 2. The molecule has 13 nitrogen and oxygen atoms in total. The number of hydrogen-bond acceptors (Lipinski definition) is 9. The molecule has 1 aromatic rings. The summed E-state index contributed by atoms with van der Waals surface area (Å²) in [5, 5.41) is 12.2. The van der Waals surface area contributed by atoms with E-state index in [-0.39, 0.29) is 72.5 Å². The van der Waals surface area contributed by atoms with Crippen molar-refractivity contribution in [2.75, 3.05) is 13.1 Å². The fourth-order valence-electron chi connectivity index (χ4n) is 8.13. The van der Waals surface area contributed by atoms with Crippen molar-refractivity contribution in [3.8, 4) is 0 Å². The third kappa shape index (κ3) is 10.1. The summed E-state index contributed by atoms with van der Waals surface area (Å²) < 4.78 is 0. The molecule has 3 saturated carbocycles. The number of rotatable bonds is 18. The van der Waals surface area contributed by atoms with Crippen molar-refractivity contribution in [3.63, 3.8) is 0 Å². The molecule has 1 aromatic heterocycles. The minimum atomic E-state index is -0.977. The van der Waals surface area contributed by atoms with E-state index in [0.717, 1.165) is 64.2 Å². The maximum atomic E-state index is 14.6. The molecular formula is C38H55N7O6. The third-order valence-corrected chi connectivity index (χ3v) is 11.1. The van der Waals surface area contributed by atoms with Crippen LogP contribution in [0.4, 0.5) is 0 Å². The smallest absolute Gasteiger partial charge is 0.289 e. The third-order valence-electron chi connectivity index (χ3n) is 11.1. The van der Waals surface area contributed by atoms with Crippen molar-refractivity contribution in [1.29, 1.82) is 0 Å². The minimum Gasteiger partial charge on any atom is -0.347 e. The van der Waals surface area contributed by atoms with Gasteiger partial charge in [0, 0.05) is 44.0 Å². The van der Waals surface area contributed by atoms with Crippen LogP contribution in [0.2, 0.25) is 0 Å². The van der Waals surface area contributed by atoms with E-state index in [1.807, 2.05) is 6.92 Å². The van der Waals surface area contributed by atoms with Gasteiger partial charge in [-0.1, -0.05) is 45.6 Å². The fraction of sp³-hybridized carbons (Fsp3) is 0.684. The van der Waals surface area contributed by atoms with Crippen molar-refractivity contribution in [1.82, 2.24) is 36.1 Å². The van der Waals surface area contributed by atoms with Crippen LogP contribution in [0.15, 0.2) is 30.7 Å². The SMILES string of the molecule is C=C(C)C(=O)CC[C@H](NC[C@@H](NC(=O)c1cnccn1)C1CCCCC1)C(=O)N1C[C@@H]2CCC[C@@H]2[C@H]1C(=O)N[C@@H](CCC)C(=O)C(=O)NC1CC1. The van der Waals surface area contributed by atoms with E-state index in [2.05, 4.69) is 37.8 Å². The Hall–Kier alpha value is -4.00. The number of fused-ring (bicyclic) bond motifs is 1. The number of hydrogen-bond donors (Lipinski definition) is 4. The number of nitrogens with zero attached hydrogens (tertiary/aromatic N) is 3. The van der Waals surface area contributed by atoms with Crippen LogP contribution in [0.1, 0.15) is 114 Å². The molecule has 4 aliphatic rings. The van der Waals surface area contributed by atoms with E-state index in [4.69, 9.17) is 0 Å². The molecule has 1 aliphatic heterocycles. The molecule has 6 atom stereocenters. The number of aromatic nitrogens is 2. The second-order valence-electron chi connectivity index (χ2n) is 15.0. The average Bonchev–Trinajstić information content (AvgIpc) is 3.70. The highest BCUT2D eigenvalue weighted by atomic mass is 16.2. The van der Waals surface area contributed by atoms with Gasteiger partial charge in [0.15, 0.2) is 5.78 Å². The first kappa shape index (κ1) is 38.2. The summed E-state index contributed by atoms with van der Waals surface area (Å²) in [4.78, 5) is 90.3. The highest BCUT2D eigenvalue weighted by Gasteiger charge is 2.51. The van der Waals surface area contributed by atoms with Gasteiger partial charge in [-0.05, 0) is 81.6 Å². The van der Waals surface area contributed by atoms with E-state index in [0.29, 0.717) is 25.0 Å². The fourth-order valence-corrected chi connectivity index (χ4v) is 8.13. The van der Waals surface area contributed by atoms with Crippen LogP contribution < -0.4 is 21.3 Å². The summed E-state index contributed by atoms with van der Waals surface area (Å²) >= 11 is 0. The molecule has 5 rings (SSSR count). The second-order valence-corrected chi connectivity index (χ2v) is 15.0. The van der Waals surface area contributed by atoms with Gasteiger partial charge in [-0.15, -0.1) is 0 Å². The first-order valence-electron chi connectivity index (χ1n) is 19.0. The Labute approximate surface area is 300 Å². The van der Waals surface area contributed by atoms with Gasteiger partial charge in [-0.3, -0.25) is 33.8 Å². The Morgan fingerprint density at radius 2 is 1.69 bits per heavy atom. The number of nitrogens with one attached hydrogen (secondary N) is 4. The maximum absolute atomic E-state index is 14.6. The lowest BCUT2D eigenvalue weighted by Crippen LogP contribution is -2.58. The Morgan fingerprint density at radius 3 is 2.35 bits per heavy atom. The van der Waals surface area contributed by atoms with Gasteiger partial charge < -0.3 is 26.2 Å². The zero-order valence-electron chi connectivity index (χ0n) is 30.2. The van der Waals surface area contributed by atoms with Crippen molar-refractivity contribution < 1.29 is 28.8 Å². The molecule has 4 amide bonds. The number of carbonyl (C=O) groups excluding carboxylic acids is 6. The van der Waals surface area contributed by atoms with Crippen LogP contribution in [0, 0.1) is 17.8 Å².